The van der Waals surface area contributed by atoms with Crippen LogP contribution in [0.5, 0.6) is 0 Å². The van der Waals surface area contributed by atoms with Crippen LogP contribution in [0.1, 0.15) is 32.3 Å². The zero-order valence-corrected chi connectivity index (χ0v) is 22.3. The van der Waals surface area contributed by atoms with Gasteiger partial charge >= 0.3 is 0 Å². The summed E-state index contributed by atoms with van der Waals surface area (Å²) in [5.74, 6) is -0.913. The fourth-order valence-electron chi connectivity index (χ4n) is 3.18. The molecule has 0 unspecified atom stereocenters. The van der Waals surface area contributed by atoms with Crippen LogP contribution in [0.15, 0.2) is 42.5 Å². The number of benzene rings is 2. The molecule has 0 radical (unpaired) electrons. The van der Waals surface area contributed by atoms with Gasteiger partial charge < -0.3 is 10.2 Å². The highest BCUT2D eigenvalue weighted by Crippen LogP contribution is 2.29. The van der Waals surface area contributed by atoms with Gasteiger partial charge in [0.25, 0.3) is 0 Å². The van der Waals surface area contributed by atoms with Crippen LogP contribution in [-0.2, 0) is 26.2 Å². The quantitative estimate of drug-likeness (QED) is 0.411. The molecule has 0 aliphatic heterocycles. The first kappa shape index (κ1) is 28.2. The van der Waals surface area contributed by atoms with Crippen LogP contribution in [0, 0.1) is 0 Å². The van der Waals surface area contributed by atoms with Crippen LogP contribution < -0.4 is 9.62 Å². The predicted octanol–water partition coefficient (Wildman–Crippen LogP) is 4.75. The molecule has 11 heteroatoms. The van der Waals surface area contributed by atoms with Crippen molar-refractivity contribution in [3.63, 3.8) is 0 Å². The van der Waals surface area contributed by atoms with Crippen molar-refractivity contribution in [2.75, 3.05) is 23.7 Å². The minimum atomic E-state index is -3.86. The van der Waals surface area contributed by atoms with Crippen LogP contribution in [0.2, 0.25) is 15.1 Å². The number of halogens is 3. The Labute approximate surface area is 216 Å². The summed E-state index contributed by atoms with van der Waals surface area (Å²) in [5, 5.41) is 3.65. The summed E-state index contributed by atoms with van der Waals surface area (Å²) in [4.78, 5) is 27.5. The SMILES string of the molecule is CCCCNC(=O)[C@H](C)N(Cc1ccccc1Cl)C(=O)CN(c1ccc(Cl)c(Cl)c1)S(C)(=O)=O. The molecule has 0 saturated heterocycles. The number of unbranched alkanes of at least 4 members (excludes halogenated alkanes) is 1. The molecule has 0 aliphatic carbocycles. The van der Waals surface area contributed by atoms with Crippen LogP contribution in [0.3, 0.4) is 0 Å². The highest BCUT2D eigenvalue weighted by Gasteiger charge is 2.30. The lowest BCUT2D eigenvalue weighted by Gasteiger charge is -2.31. The Kier molecular flexibility index (Phi) is 10.5. The van der Waals surface area contributed by atoms with E-state index in [-0.39, 0.29) is 28.2 Å². The molecule has 2 aromatic rings. The number of anilines is 1. The Morgan fingerprint density at radius 2 is 1.71 bits per heavy atom. The van der Waals surface area contributed by atoms with Gasteiger partial charge in [-0.05, 0) is 43.2 Å². The molecule has 0 heterocycles. The number of hydrogen-bond donors (Lipinski definition) is 1. The second kappa shape index (κ2) is 12.6. The van der Waals surface area contributed by atoms with Gasteiger partial charge in [-0.15, -0.1) is 0 Å². The van der Waals surface area contributed by atoms with Gasteiger partial charge in [0.2, 0.25) is 21.8 Å². The molecule has 0 bridgehead atoms. The summed E-state index contributed by atoms with van der Waals surface area (Å²) in [7, 11) is -3.86. The maximum absolute atomic E-state index is 13.5. The molecule has 34 heavy (non-hydrogen) atoms. The molecule has 2 amide bonds. The van der Waals surface area contributed by atoms with Crippen LogP contribution >= 0.6 is 34.8 Å². The van der Waals surface area contributed by atoms with Crippen molar-refractivity contribution in [3.8, 4) is 0 Å². The van der Waals surface area contributed by atoms with E-state index in [2.05, 4.69) is 5.32 Å². The highest BCUT2D eigenvalue weighted by molar-refractivity contribution is 7.92. The first-order valence-electron chi connectivity index (χ1n) is 10.7. The van der Waals surface area contributed by atoms with Crippen molar-refractivity contribution in [3.05, 3.63) is 63.1 Å². The van der Waals surface area contributed by atoms with E-state index in [4.69, 9.17) is 34.8 Å². The van der Waals surface area contributed by atoms with Crippen molar-refractivity contribution in [2.24, 2.45) is 0 Å². The van der Waals surface area contributed by atoms with Crippen molar-refractivity contribution < 1.29 is 18.0 Å². The van der Waals surface area contributed by atoms with Crippen LogP contribution in [0.25, 0.3) is 0 Å². The van der Waals surface area contributed by atoms with E-state index < -0.39 is 28.5 Å². The third-order valence-electron chi connectivity index (χ3n) is 5.17. The Balaban J connectivity index is 2.38. The molecule has 7 nitrogen and oxygen atoms in total. The van der Waals surface area contributed by atoms with Gasteiger partial charge in [-0.3, -0.25) is 13.9 Å². The first-order valence-corrected chi connectivity index (χ1v) is 13.7. The topological polar surface area (TPSA) is 86.8 Å². The smallest absolute Gasteiger partial charge is 0.244 e. The molecule has 0 aromatic heterocycles. The molecule has 0 spiro atoms. The Morgan fingerprint density at radius 3 is 2.29 bits per heavy atom. The van der Waals surface area contributed by atoms with E-state index in [0.717, 1.165) is 23.4 Å². The molecular formula is C23H28Cl3N3O4S. The minimum absolute atomic E-state index is 0.0276. The lowest BCUT2D eigenvalue weighted by Crippen LogP contribution is -2.51. The van der Waals surface area contributed by atoms with Gasteiger partial charge in [0.1, 0.15) is 12.6 Å². The van der Waals surface area contributed by atoms with Gasteiger partial charge in [-0.1, -0.05) is 66.3 Å². The number of sulfonamides is 1. The number of nitrogens with zero attached hydrogens (tertiary/aromatic N) is 2. The molecule has 186 valence electrons. The number of hydrogen-bond acceptors (Lipinski definition) is 4. The molecule has 1 N–H and O–H groups in total. The molecular weight excluding hydrogens is 521 g/mol. The monoisotopic (exact) mass is 547 g/mol. The fraction of sp³-hybridized carbons (Fsp3) is 0.391. The number of nitrogens with one attached hydrogen (secondary N) is 1. The average Bonchev–Trinajstić information content (AvgIpc) is 2.77. The third-order valence-corrected chi connectivity index (χ3v) is 7.41. The van der Waals surface area contributed by atoms with Gasteiger partial charge in [0.05, 0.1) is 22.0 Å². The van der Waals surface area contributed by atoms with Crippen molar-refractivity contribution in [1.82, 2.24) is 10.2 Å². The Morgan fingerprint density at radius 1 is 1.03 bits per heavy atom. The highest BCUT2D eigenvalue weighted by atomic mass is 35.5. The predicted molar refractivity (Wildman–Crippen MR) is 138 cm³/mol. The fourth-order valence-corrected chi connectivity index (χ4v) is 4.51. The molecule has 0 fully saturated rings. The van der Waals surface area contributed by atoms with E-state index in [9.17, 15) is 18.0 Å². The van der Waals surface area contributed by atoms with Crippen molar-refractivity contribution in [2.45, 2.75) is 39.3 Å². The number of carbonyl (C=O) groups excluding carboxylic acids is 2. The number of amides is 2. The summed E-state index contributed by atoms with van der Waals surface area (Å²) in [6.45, 7) is 3.58. The zero-order valence-electron chi connectivity index (χ0n) is 19.2. The van der Waals surface area contributed by atoms with Gasteiger partial charge in [-0.2, -0.15) is 0 Å². The number of rotatable bonds is 11. The summed E-state index contributed by atoms with van der Waals surface area (Å²) in [6, 6.07) is 10.4. The first-order chi connectivity index (χ1) is 16.0. The Bertz CT molecular complexity index is 1130. The van der Waals surface area contributed by atoms with E-state index in [1.165, 1.54) is 23.1 Å². The van der Waals surface area contributed by atoms with Crippen molar-refractivity contribution >= 4 is 62.3 Å². The van der Waals surface area contributed by atoms with E-state index in [1.54, 1.807) is 31.2 Å². The molecule has 2 aromatic carbocycles. The maximum atomic E-state index is 13.5. The molecule has 1 atom stereocenters. The summed E-state index contributed by atoms with van der Waals surface area (Å²) in [6.07, 6.45) is 2.70. The zero-order chi connectivity index (χ0) is 25.5. The summed E-state index contributed by atoms with van der Waals surface area (Å²) >= 11 is 18.3. The van der Waals surface area contributed by atoms with Crippen LogP contribution in [-0.4, -0.2) is 50.5 Å². The maximum Gasteiger partial charge on any atom is 0.244 e. The molecule has 2 rings (SSSR count). The van der Waals surface area contributed by atoms with Crippen LogP contribution in [0.4, 0.5) is 5.69 Å². The summed E-state index contributed by atoms with van der Waals surface area (Å²) in [5.41, 5.74) is 0.814. The number of carbonyl (C=O) groups is 2. The van der Waals surface area contributed by atoms with Crippen molar-refractivity contribution in [1.29, 1.82) is 0 Å². The lowest BCUT2D eigenvalue weighted by atomic mass is 10.1. The minimum Gasteiger partial charge on any atom is -0.354 e. The van der Waals surface area contributed by atoms with Gasteiger partial charge in [0.15, 0.2) is 0 Å². The van der Waals surface area contributed by atoms with E-state index in [0.29, 0.717) is 17.1 Å². The van der Waals surface area contributed by atoms with E-state index in [1.807, 2.05) is 6.92 Å². The largest absolute Gasteiger partial charge is 0.354 e. The third kappa shape index (κ3) is 7.77. The Hall–Kier alpha value is -2.00. The second-order valence-electron chi connectivity index (χ2n) is 7.80. The van der Waals surface area contributed by atoms with E-state index >= 15 is 0 Å². The second-order valence-corrected chi connectivity index (χ2v) is 10.9. The van der Waals surface area contributed by atoms with Gasteiger partial charge in [-0.25, -0.2) is 8.42 Å². The summed E-state index contributed by atoms with van der Waals surface area (Å²) < 4.78 is 26.0. The normalized spacial score (nSPS) is 12.2. The molecule has 0 aliphatic rings. The lowest BCUT2D eigenvalue weighted by molar-refractivity contribution is -0.139. The standard InChI is InChI=1S/C23H28Cl3N3O4S/c1-4-5-12-27-23(31)16(2)28(14-17-8-6-7-9-19(17)24)22(30)15-29(34(3,32)33)18-10-11-20(25)21(26)13-18/h6-11,13,16H,4-5,12,14-15H2,1-3H3,(H,27,31)/t16-/m0/s1. The molecule has 0 saturated carbocycles. The average molecular weight is 549 g/mol. The van der Waals surface area contributed by atoms with Gasteiger partial charge in [0, 0.05) is 18.1 Å².